The number of aromatic amines is 1. The summed E-state index contributed by atoms with van der Waals surface area (Å²) in [6.07, 6.45) is 1.81. The minimum absolute atomic E-state index is 0.188. The zero-order chi connectivity index (χ0) is 21.2. The first kappa shape index (κ1) is 18.9. The molecule has 0 aliphatic rings. The third kappa shape index (κ3) is 3.51. The van der Waals surface area contributed by atoms with Gasteiger partial charge in [0.25, 0.3) is 0 Å². The van der Waals surface area contributed by atoms with Crippen LogP contribution < -0.4 is 10.4 Å². The van der Waals surface area contributed by atoms with Crippen LogP contribution in [0, 0.1) is 0 Å². The maximum atomic E-state index is 13.1. The lowest BCUT2D eigenvalue weighted by Crippen LogP contribution is -2.24. The highest BCUT2D eigenvalue weighted by molar-refractivity contribution is 5.78. The summed E-state index contributed by atoms with van der Waals surface area (Å²) in [4.78, 5) is 20.8. The molecule has 0 radical (unpaired) electrons. The summed E-state index contributed by atoms with van der Waals surface area (Å²) in [7, 11) is 1.64. The molecular formula is C26H21N3O2. The zero-order valence-electron chi connectivity index (χ0n) is 17.0. The normalized spacial score (nSPS) is 11.2. The number of hydrogen-bond acceptors (Lipinski definition) is 3. The van der Waals surface area contributed by atoms with E-state index in [-0.39, 0.29) is 11.7 Å². The summed E-state index contributed by atoms with van der Waals surface area (Å²) >= 11 is 0. The smallest absolute Gasteiger partial charge is 0.328 e. The van der Waals surface area contributed by atoms with Gasteiger partial charge in [0.05, 0.1) is 18.7 Å². The van der Waals surface area contributed by atoms with Gasteiger partial charge in [-0.15, -0.1) is 0 Å². The zero-order valence-corrected chi connectivity index (χ0v) is 17.0. The van der Waals surface area contributed by atoms with Crippen molar-refractivity contribution in [2.24, 2.45) is 0 Å². The number of imidazole rings is 1. The van der Waals surface area contributed by atoms with Crippen LogP contribution in [0.5, 0.6) is 5.75 Å². The number of methoxy groups -OCH3 is 1. The minimum atomic E-state index is -0.275. The monoisotopic (exact) mass is 407 g/mol. The van der Waals surface area contributed by atoms with Crippen LogP contribution in [-0.2, 0) is 0 Å². The SMILES string of the molecule is COc1ccc(-c2cnc3c(c2)[nH]c(=O)n3C(c2ccccc2)c2ccccc2)cc1. The van der Waals surface area contributed by atoms with E-state index < -0.39 is 0 Å². The fourth-order valence-corrected chi connectivity index (χ4v) is 3.96. The molecule has 3 aromatic carbocycles. The van der Waals surface area contributed by atoms with Crippen molar-refractivity contribution in [1.82, 2.24) is 14.5 Å². The number of fused-ring (bicyclic) bond motifs is 1. The van der Waals surface area contributed by atoms with E-state index in [4.69, 9.17) is 9.72 Å². The largest absolute Gasteiger partial charge is 0.497 e. The lowest BCUT2D eigenvalue weighted by atomic mass is 9.98. The van der Waals surface area contributed by atoms with Gasteiger partial charge in [0.2, 0.25) is 0 Å². The molecule has 0 unspecified atom stereocenters. The standard InChI is InChI=1S/C26H21N3O2/c1-31-22-14-12-18(13-15-22)21-16-23-25(27-17-21)29(26(30)28-23)24(19-8-4-2-5-9-19)20-10-6-3-7-11-20/h2-17,24H,1H3,(H,28,30). The number of rotatable bonds is 5. The molecule has 0 saturated carbocycles. The van der Waals surface area contributed by atoms with Crippen LogP contribution in [0.25, 0.3) is 22.3 Å². The molecular weight excluding hydrogens is 386 g/mol. The average Bonchev–Trinajstić information content (AvgIpc) is 3.15. The highest BCUT2D eigenvalue weighted by atomic mass is 16.5. The van der Waals surface area contributed by atoms with E-state index in [0.717, 1.165) is 28.0 Å². The summed E-state index contributed by atoms with van der Waals surface area (Å²) in [6, 6.07) is 29.5. The number of aromatic nitrogens is 3. The Labute approximate surface area is 179 Å². The van der Waals surface area contributed by atoms with Crippen LogP contribution >= 0.6 is 0 Å². The number of H-pyrrole nitrogens is 1. The van der Waals surface area contributed by atoms with Gasteiger partial charge in [-0.2, -0.15) is 0 Å². The second-order valence-corrected chi connectivity index (χ2v) is 7.35. The third-order valence-electron chi connectivity index (χ3n) is 5.47. The molecule has 5 aromatic rings. The maximum Gasteiger partial charge on any atom is 0.328 e. The van der Waals surface area contributed by atoms with Crippen molar-refractivity contribution >= 4 is 11.2 Å². The molecule has 5 heteroatoms. The summed E-state index contributed by atoms with van der Waals surface area (Å²) in [6.45, 7) is 0. The van der Waals surface area contributed by atoms with Gasteiger partial charge in [0, 0.05) is 11.8 Å². The fourth-order valence-electron chi connectivity index (χ4n) is 3.96. The Kier molecular flexibility index (Phi) is 4.84. The van der Waals surface area contributed by atoms with Gasteiger partial charge in [0.1, 0.15) is 5.75 Å². The molecule has 0 fully saturated rings. The van der Waals surface area contributed by atoms with E-state index in [1.165, 1.54) is 0 Å². The van der Waals surface area contributed by atoms with Gasteiger partial charge in [-0.1, -0.05) is 72.8 Å². The lowest BCUT2D eigenvalue weighted by Gasteiger charge is -2.19. The van der Waals surface area contributed by atoms with E-state index in [9.17, 15) is 4.79 Å². The van der Waals surface area contributed by atoms with Crippen molar-refractivity contribution in [3.63, 3.8) is 0 Å². The summed E-state index contributed by atoms with van der Waals surface area (Å²) < 4.78 is 6.97. The molecule has 31 heavy (non-hydrogen) atoms. The van der Waals surface area contributed by atoms with Crippen molar-refractivity contribution in [2.75, 3.05) is 7.11 Å². The molecule has 0 saturated heterocycles. The lowest BCUT2D eigenvalue weighted by molar-refractivity contribution is 0.415. The van der Waals surface area contributed by atoms with E-state index >= 15 is 0 Å². The Balaban J connectivity index is 1.66. The Bertz CT molecular complexity index is 1330. The number of nitrogens with zero attached hydrogens (tertiary/aromatic N) is 2. The number of nitrogens with one attached hydrogen (secondary N) is 1. The van der Waals surface area contributed by atoms with Crippen molar-refractivity contribution < 1.29 is 4.74 Å². The van der Waals surface area contributed by atoms with Crippen LogP contribution in [0.1, 0.15) is 17.2 Å². The fraction of sp³-hybridized carbons (Fsp3) is 0.0769. The van der Waals surface area contributed by atoms with E-state index in [1.54, 1.807) is 17.9 Å². The quantitative estimate of drug-likeness (QED) is 0.444. The highest BCUT2D eigenvalue weighted by Gasteiger charge is 2.22. The van der Waals surface area contributed by atoms with Crippen molar-refractivity contribution in [3.8, 4) is 16.9 Å². The number of pyridine rings is 1. The number of benzene rings is 3. The third-order valence-corrected chi connectivity index (χ3v) is 5.47. The molecule has 2 heterocycles. The molecule has 0 spiro atoms. The first-order chi connectivity index (χ1) is 15.2. The van der Waals surface area contributed by atoms with Crippen molar-refractivity contribution in [3.05, 3.63) is 119 Å². The van der Waals surface area contributed by atoms with Gasteiger partial charge in [0.15, 0.2) is 5.65 Å². The average molecular weight is 407 g/mol. The molecule has 0 atom stereocenters. The van der Waals surface area contributed by atoms with Gasteiger partial charge >= 0.3 is 5.69 Å². The first-order valence-electron chi connectivity index (χ1n) is 10.1. The van der Waals surface area contributed by atoms with Crippen LogP contribution in [0.2, 0.25) is 0 Å². The van der Waals surface area contributed by atoms with E-state index in [1.807, 2.05) is 91.0 Å². The second-order valence-electron chi connectivity index (χ2n) is 7.35. The highest BCUT2D eigenvalue weighted by Crippen LogP contribution is 2.29. The molecule has 5 nitrogen and oxygen atoms in total. The van der Waals surface area contributed by atoms with Crippen molar-refractivity contribution in [2.45, 2.75) is 6.04 Å². The molecule has 0 bridgehead atoms. The van der Waals surface area contributed by atoms with Gasteiger partial charge < -0.3 is 9.72 Å². The van der Waals surface area contributed by atoms with Crippen LogP contribution in [0.3, 0.4) is 0 Å². The predicted octanol–water partition coefficient (Wildman–Crippen LogP) is 5.04. The summed E-state index contributed by atoms with van der Waals surface area (Å²) in [5.41, 5.74) is 5.13. The summed E-state index contributed by atoms with van der Waals surface area (Å²) in [5, 5.41) is 0. The van der Waals surface area contributed by atoms with E-state index in [0.29, 0.717) is 11.2 Å². The van der Waals surface area contributed by atoms with Gasteiger partial charge in [-0.05, 0) is 34.9 Å². The number of hydrogen-bond donors (Lipinski definition) is 1. The van der Waals surface area contributed by atoms with Crippen molar-refractivity contribution in [1.29, 1.82) is 0 Å². The molecule has 5 rings (SSSR count). The van der Waals surface area contributed by atoms with Crippen LogP contribution in [0.15, 0.2) is 102 Å². The topological polar surface area (TPSA) is 59.9 Å². The van der Waals surface area contributed by atoms with Gasteiger partial charge in [-0.25, -0.2) is 9.78 Å². The first-order valence-corrected chi connectivity index (χ1v) is 10.1. The minimum Gasteiger partial charge on any atom is -0.497 e. The summed E-state index contributed by atoms with van der Waals surface area (Å²) in [5.74, 6) is 0.797. The molecule has 1 N–H and O–H groups in total. The van der Waals surface area contributed by atoms with Crippen LogP contribution in [-0.4, -0.2) is 21.6 Å². The van der Waals surface area contributed by atoms with Crippen LogP contribution in [0.4, 0.5) is 0 Å². The molecule has 0 amide bonds. The second kappa shape index (κ2) is 7.95. The van der Waals surface area contributed by atoms with E-state index in [2.05, 4.69) is 4.98 Å². The van der Waals surface area contributed by atoms with Gasteiger partial charge in [-0.3, -0.25) is 4.57 Å². The molecule has 152 valence electrons. The Morgan fingerprint density at radius 3 is 2.03 bits per heavy atom. The Hall–Kier alpha value is -4.12. The predicted molar refractivity (Wildman–Crippen MR) is 122 cm³/mol. The number of ether oxygens (including phenoxy) is 1. The molecule has 0 aliphatic carbocycles. The Morgan fingerprint density at radius 2 is 1.45 bits per heavy atom. The molecule has 0 aliphatic heterocycles. The molecule has 2 aromatic heterocycles. The Morgan fingerprint density at radius 1 is 0.839 bits per heavy atom. The maximum absolute atomic E-state index is 13.1.